The first-order chi connectivity index (χ1) is 11.7. The van der Waals surface area contributed by atoms with Gasteiger partial charge in [0, 0.05) is 6.42 Å². The summed E-state index contributed by atoms with van der Waals surface area (Å²) in [5.74, 6) is -0.0110. The van der Waals surface area contributed by atoms with Gasteiger partial charge in [-0.2, -0.15) is 0 Å². The van der Waals surface area contributed by atoms with E-state index in [1.807, 2.05) is 29.3 Å². The molecule has 3 aliphatic heterocycles. The van der Waals surface area contributed by atoms with Crippen LogP contribution in [0.15, 0.2) is 36.6 Å². The number of unbranched alkanes of at least 4 members (excludes halogenated alkanes) is 1. The van der Waals surface area contributed by atoms with Crippen LogP contribution in [0.1, 0.15) is 48.5 Å². The SMILES string of the molecule is CCCC[C@@H]1C[C@@]2(c3ccc(C(=O)OC)cc3)[C@@H]3C=CO[C@@H]3N2O1. The molecule has 0 aromatic heterocycles. The first-order valence-electron chi connectivity index (χ1n) is 8.68. The van der Waals surface area contributed by atoms with Crippen molar-refractivity contribution in [3.63, 3.8) is 0 Å². The van der Waals surface area contributed by atoms with Crippen LogP contribution in [0.3, 0.4) is 0 Å². The summed E-state index contributed by atoms with van der Waals surface area (Å²) in [6, 6.07) is 7.71. The number of hydroxylamine groups is 2. The normalized spacial score (nSPS) is 33.5. The van der Waals surface area contributed by atoms with Crippen LogP contribution < -0.4 is 0 Å². The number of benzene rings is 1. The predicted molar refractivity (Wildman–Crippen MR) is 87.8 cm³/mol. The van der Waals surface area contributed by atoms with Gasteiger partial charge in [-0.3, -0.25) is 4.84 Å². The molecule has 5 heteroatoms. The fourth-order valence-corrected chi connectivity index (χ4v) is 4.24. The van der Waals surface area contributed by atoms with E-state index in [1.54, 1.807) is 6.26 Å². The Hall–Kier alpha value is -1.85. The van der Waals surface area contributed by atoms with Crippen LogP contribution in [0.2, 0.25) is 0 Å². The van der Waals surface area contributed by atoms with Crippen LogP contribution >= 0.6 is 0 Å². The number of esters is 1. The highest BCUT2D eigenvalue weighted by Crippen LogP contribution is 2.60. The van der Waals surface area contributed by atoms with Crippen molar-refractivity contribution in [2.24, 2.45) is 5.92 Å². The van der Waals surface area contributed by atoms with Crippen LogP contribution in [0.5, 0.6) is 0 Å². The Morgan fingerprint density at radius 1 is 1.38 bits per heavy atom. The molecule has 128 valence electrons. The molecule has 24 heavy (non-hydrogen) atoms. The van der Waals surface area contributed by atoms with Crippen molar-refractivity contribution in [2.45, 2.75) is 50.5 Å². The molecular weight excluding hydrogens is 306 g/mol. The minimum absolute atomic E-state index is 0.0167. The van der Waals surface area contributed by atoms with E-state index in [4.69, 9.17) is 14.3 Å². The van der Waals surface area contributed by atoms with Crippen LogP contribution in [0, 0.1) is 5.92 Å². The Balaban J connectivity index is 1.63. The van der Waals surface area contributed by atoms with E-state index in [1.165, 1.54) is 25.5 Å². The molecule has 0 N–H and O–H groups in total. The third kappa shape index (κ3) is 2.11. The Bertz CT molecular complexity index is 656. The van der Waals surface area contributed by atoms with E-state index in [0.29, 0.717) is 11.5 Å². The number of nitrogens with zero attached hydrogens (tertiary/aromatic N) is 1. The monoisotopic (exact) mass is 329 g/mol. The molecule has 0 bridgehead atoms. The molecule has 0 saturated carbocycles. The minimum Gasteiger partial charge on any atom is -0.480 e. The first kappa shape index (κ1) is 15.7. The Labute approximate surface area is 142 Å². The number of fused-ring (bicyclic) bond motifs is 4. The van der Waals surface area contributed by atoms with Gasteiger partial charge in [-0.05, 0) is 30.2 Å². The lowest BCUT2D eigenvalue weighted by atomic mass is 9.67. The second kappa shape index (κ2) is 5.90. The minimum atomic E-state index is -0.310. The molecule has 3 aliphatic rings. The molecule has 1 aromatic rings. The maximum atomic E-state index is 11.7. The Kier molecular flexibility index (Phi) is 3.85. The molecule has 2 saturated heterocycles. The highest BCUT2D eigenvalue weighted by Gasteiger charge is 2.68. The second-order valence-corrected chi connectivity index (χ2v) is 6.77. The van der Waals surface area contributed by atoms with Crippen molar-refractivity contribution in [1.82, 2.24) is 5.06 Å². The molecule has 0 aliphatic carbocycles. The zero-order chi connectivity index (χ0) is 16.7. The average molecular weight is 329 g/mol. The lowest BCUT2D eigenvalue weighted by Gasteiger charge is -2.54. The van der Waals surface area contributed by atoms with Crippen LogP contribution in [-0.4, -0.2) is 30.5 Å². The molecule has 4 atom stereocenters. The molecule has 0 amide bonds. The van der Waals surface area contributed by atoms with E-state index >= 15 is 0 Å². The smallest absolute Gasteiger partial charge is 0.337 e. The van der Waals surface area contributed by atoms with Gasteiger partial charge in [-0.15, -0.1) is 5.06 Å². The molecule has 2 fully saturated rings. The van der Waals surface area contributed by atoms with Gasteiger partial charge in [0.15, 0.2) is 6.23 Å². The lowest BCUT2D eigenvalue weighted by molar-refractivity contribution is -0.344. The zero-order valence-corrected chi connectivity index (χ0v) is 14.1. The summed E-state index contributed by atoms with van der Waals surface area (Å²) in [4.78, 5) is 17.9. The first-order valence-corrected chi connectivity index (χ1v) is 8.68. The van der Waals surface area contributed by atoms with Crippen LogP contribution in [0.4, 0.5) is 0 Å². The van der Waals surface area contributed by atoms with E-state index in [2.05, 4.69) is 13.0 Å². The van der Waals surface area contributed by atoms with E-state index < -0.39 is 0 Å². The maximum Gasteiger partial charge on any atom is 0.337 e. The van der Waals surface area contributed by atoms with Gasteiger partial charge in [0.25, 0.3) is 0 Å². The molecule has 3 heterocycles. The van der Waals surface area contributed by atoms with Crippen molar-refractivity contribution < 1.29 is 19.1 Å². The van der Waals surface area contributed by atoms with Crippen molar-refractivity contribution >= 4 is 5.97 Å². The zero-order valence-electron chi connectivity index (χ0n) is 14.1. The fraction of sp³-hybridized carbons (Fsp3) is 0.526. The Morgan fingerprint density at radius 2 is 2.17 bits per heavy atom. The number of hydrogen-bond donors (Lipinski definition) is 0. The summed E-state index contributed by atoms with van der Waals surface area (Å²) < 4.78 is 10.5. The molecule has 0 spiro atoms. The van der Waals surface area contributed by atoms with Gasteiger partial charge in [0.05, 0.1) is 36.5 Å². The highest BCUT2D eigenvalue weighted by atomic mass is 16.7. The van der Waals surface area contributed by atoms with Crippen molar-refractivity contribution in [2.75, 3.05) is 7.11 Å². The van der Waals surface area contributed by atoms with Crippen molar-refractivity contribution in [3.8, 4) is 0 Å². The lowest BCUT2D eigenvalue weighted by Crippen LogP contribution is -2.65. The quantitative estimate of drug-likeness (QED) is 0.775. The molecule has 4 rings (SSSR count). The summed E-state index contributed by atoms with van der Waals surface area (Å²) >= 11 is 0. The summed E-state index contributed by atoms with van der Waals surface area (Å²) in [6.07, 6.45) is 8.50. The maximum absolute atomic E-state index is 11.7. The van der Waals surface area contributed by atoms with E-state index in [-0.39, 0.29) is 23.8 Å². The van der Waals surface area contributed by atoms with Gasteiger partial charge in [0.1, 0.15) is 0 Å². The third-order valence-electron chi connectivity index (χ3n) is 5.47. The largest absolute Gasteiger partial charge is 0.480 e. The molecule has 1 aromatic carbocycles. The van der Waals surface area contributed by atoms with Gasteiger partial charge in [0.2, 0.25) is 0 Å². The Morgan fingerprint density at radius 3 is 2.88 bits per heavy atom. The summed E-state index contributed by atoms with van der Waals surface area (Å²) in [5.41, 5.74) is 1.57. The number of carbonyl (C=O) groups is 1. The number of hydrogen-bond acceptors (Lipinski definition) is 5. The number of carbonyl (C=O) groups excluding carboxylic acids is 1. The summed E-state index contributed by atoms with van der Waals surface area (Å²) in [7, 11) is 1.40. The second-order valence-electron chi connectivity index (χ2n) is 6.77. The number of methoxy groups -OCH3 is 1. The van der Waals surface area contributed by atoms with E-state index in [0.717, 1.165) is 12.8 Å². The molecule has 5 nitrogen and oxygen atoms in total. The van der Waals surface area contributed by atoms with Gasteiger partial charge >= 0.3 is 5.97 Å². The highest BCUT2D eigenvalue weighted by molar-refractivity contribution is 5.89. The molecular formula is C19H23NO4. The fourth-order valence-electron chi connectivity index (χ4n) is 4.24. The molecule has 0 radical (unpaired) electrons. The van der Waals surface area contributed by atoms with Crippen LogP contribution in [0.25, 0.3) is 0 Å². The van der Waals surface area contributed by atoms with Crippen LogP contribution in [-0.2, 0) is 19.9 Å². The van der Waals surface area contributed by atoms with Gasteiger partial charge in [-0.1, -0.05) is 31.9 Å². The van der Waals surface area contributed by atoms with Crippen molar-refractivity contribution in [3.05, 3.63) is 47.7 Å². The standard InChI is InChI=1S/C19H23NO4/c1-3-4-5-15-12-19(16-10-11-23-17(16)20(19)24-15)14-8-6-13(7-9-14)18(21)22-2/h6-11,15-17H,3-5,12H2,1-2H3/t15-,16-,17+,19-/m1/s1. The number of rotatable bonds is 5. The third-order valence-corrected chi connectivity index (χ3v) is 5.47. The number of ether oxygens (including phenoxy) is 2. The summed E-state index contributed by atoms with van der Waals surface area (Å²) in [5, 5.41) is 2.03. The summed E-state index contributed by atoms with van der Waals surface area (Å²) in [6.45, 7) is 2.20. The van der Waals surface area contributed by atoms with Gasteiger partial charge < -0.3 is 9.47 Å². The topological polar surface area (TPSA) is 48.0 Å². The van der Waals surface area contributed by atoms with Crippen molar-refractivity contribution in [1.29, 1.82) is 0 Å². The molecule has 0 unspecified atom stereocenters. The van der Waals surface area contributed by atoms with Gasteiger partial charge in [-0.25, -0.2) is 4.79 Å². The average Bonchev–Trinajstić information content (AvgIpc) is 3.19. The predicted octanol–water partition coefficient (Wildman–Crippen LogP) is 3.36. The van der Waals surface area contributed by atoms with E-state index in [9.17, 15) is 4.79 Å².